The SMILES string of the molecule is Cc1cc(NC(=O)C[C@H]2CC[C@H]3[C@@H]4CC[C@H]5NC(=O)C=C[C@]5(C)[C@H]4CC[C@]23C)ccn1. The number of fused-ring (bicyclic) bond motifs is 5. The standard InChI is InChI=1S/C26H35N3O2/c1-16-14-18(10-13-27-16)28-24(31)15-17-4-6-20-19-5-7-22-26(3,12-9-23(30)29-22)21(19)8-11-25(17,20)2/h9-10,12-14,17,19-22H,4-8,11,15H2,1-3H3,(H,29,30)(H,27,28,31)/t17-,19+,20+,21+,22-,25-,26-/m1/s1. The molecule has 1 aromatic rings. The fourth-order valence-corrected chi connectivity index (χ4v) is 7.84. The largest absolute Gasteiger partial charge is 0.349 e. The van der Waals surface area contributed by atoms with Crippen LogP contribution in [0.1, 0.15) is 64.5 Å². The summed E-state index contributed by atoms with van der Waals surface area (Å²) in [6.45, 7) is 6.77. The van der Waals surface area contributed by atoms with E-state index in [4.69, 9.17) is 0 Å². The Balaban J connectivity index is 1.30. The molecular formula is C26H35N3O2. The normalized spacial score (nSPS) is 41.0. The summed E-state index contributed by atoms with van der Waals surface area (Å²) in [6, 6.07) is 4.07. The fourth-order valence-electron chi connectivity index (χ4n) is 7.84. The predicted octanol–water partition coefficient (Wildman–Crippen LogP) is 4.63. The van der Waals surface area contributed by atoms with Crippen molar-refractivity contribution in [3.63, 3.8) is 0 Å². The van der Waals surface area contributed by atoms with Crippen LogP contribution in [-0.2, 0) is 9.59 Å². The zero-order chi connectivity index (χ0) is 21.8. The molecule has 7 atom stereocenters. The second kappa shape index (κ2) is 7.46. The van der Waals surface area contributed by atoms with Crippen molar-refractivity contribution >= 4 is 17.5 Å². The fraction of sp³-hybridized carbons (Fsp3) is 0.654. The number of pyridine rings is 1. The Morgan fingerprint density at radius 3 is 2.84 bits per heavy atom. The molecule has 3 saturated carbocycles. The number of anilines is 1. The Morgan fingerprint density at radius 2 is 2.03 bits per heavy atom. The topological polar surface area (TPSA) is 71.1 Å². The summed E-state index contributed by atoms with van der Waals surface area (Å²) in [5, 5.41) is 6.34. The smallest absolute Gasteiger partial charge is 0.243 e. The van der Waals surface area contributed by atoms with Gasteiger partial charge in [0.2, 0.25) is 11.8 Å². The second-order valence-corrected chi connectivity index (χ2v) is 11.0. The maximum absolute atomic E-state index is 12.9. The van der Waals surface area contributed by atoms with Gasteiger partial charge < -0.3 is 10.6 Å². The lowest BCUT2D eigenvalue weighted by Crippen LogP contribution is -2.59. The lowest BCUT2D eigenvalue weighted by molar-refractivity contribution is -0.123. The van der Waals surface area contributed by atoms with Gasteiger partial charge in [-0.05, 0) is 92.7 Å². The average molecular weight is 422 g/mol. The van der Waals surface area contributed by atoms with E-state index in [1.165, 1.54) is 25.7 Å². The van der Waals surface area contributed by atoms with Crippen LogP contribution in [0.3, 0.4) is 0 Å². The summed E-state index contributed by atoms with van der Waals surface area (Å²) in [7, 11) is 0. The van der Waals surface area contributed by atoms with Gasteiger partial charge in [0.1, 0.15) is 0 Å². The Kier molecular flexibility index (Phi) is 4.98. The molecule has 5 nitrogen and oxygen atoms in total. The van der Waals surface area contributed by atoms with Crippen LogP contribution < -0.4 is 10.6 Å². The van der Waals surface area contributed by atoms with Crippen molar-refractivity contribution in [2.75, 3.05) is 5.32 Å². The van der Waals surface area contributed by atoms with Crippen LogP contribution in [-0.4, -0.2) is 22.8 Å². The van der Waals surface area contributed by atoms with Crippen molar-refractivity contribution in [1.82, 2.24) is 10.3 Å². The number of amides is 2. The molecule has 166 valence electrons. The second-order valence-electron chi connectivity index (χ2n) is 11.0. The number of hydrogen-bond donors (Lipinski definition) is 2. The number of nitrogens with one attached hydrogen (secondary N) is 2. The van der Waals surface area contributed by atoms with Gasteiger partial charge in [-0.1, -0.05) is 19.9 Å². The highest BCUT2D eigenvalue weighted by Crippen LogP contribution is 2.65. The van der Waals surface area contributed by atoms with Crippen LogP contribution in [0.5, 0.6) is 0 Å². The van der Waals surface area contributed by atoms with Gasteiger partial charge in [0.25, 0.3) is 0 Å². The van der Waals surface area contributed by atoms with Crippen molar-refractivity contribution in [1.29, 1.82) is 0 Å². The van der Waals surface area contributed by atoms with Crippen LogP contribution in [0.25, 0.3) is 0 Å². The van der Waals surface area contributed by atoms with Crippen molar-refractivity contribution in [2.24, 2.45) is 34.5 Å². The minimum atomic E-state index is 0.0675. The van der Waals surface area contributed by atoms with Gasteiger partial charge in [-0.3, -0.25) is 14.6 Å². The summed E-state index contributed by atoms with van der Waals surface area (Å²) in [5.41, 5.74) is 2.09. The molecule has 0 radical (unpaired) electrons. The van der Waals surface area contributed by atoms with Crippen LogP contribution in [0.2, 0.25) is 0 Å². The van der Waals surface area contributed by atoms with Gasteiger partial charge in [0.05, 0.1) is 0 Å². The van der Waals surface area contributed by atoms with Crippen molar-refractivity contribution in [3.05, 3.63) is 36.2 Å². The first kappa shape index (κ1) is 20.7. The van der Waals surface area contributed by atoms with E-state index in [-0.39, 0.29) is 28.7 Å². The molecule has 5 rings (SSSR count). The molecule has 0 unspecified atom stereocenters. The van der Waals surface area contributed by atoms with E-state index < -0.39 is 0 Å². The lowest BCUT2D eigenvalue weighted by atomic mass is 9.48. The summed E-state index contributed by atoms with van der Waals surface area (Å²) < 4.78 is 0. The van der Waals surface area contributed by atoms with Crippen LogP contribution in [0.15, 0.2) is 30.5 Å². The Morgan fingerprint density at radius 1 is 1.19 bits per heavy atom. The maximum atomic E-state index is 12.9. The molecule has 4 aliphatic rings. The lowest BCUT2D eigenvalue weighted by Gasteiger charge is -2.59. The highest BCUT2D eigenvalue weighted by molar-refractivity contribution is 5.91. The van der Waals surface area contributed by atoms with Gasteiger partial charge in [0.15, 0.2) is 0 Å². The van der Waals surface area contributed by atoms with E-state index in [1.54, 1.807) is 12.3 Å². The average Bonchev–Trinajstić information content (AvgIpc) is 3.05. The van der Waals surface area contributed by atoms with E-state index in [1.807, 2.05) is 19.1 Å². The quantitative estimate of drug-likeness (QED) is 0.747. The third-order valence-electron chi connectivity index (χ3n) is 9.49. The van der Waals surface area contributed by atoms with Gasteiger partial charge in [-0.15, -0.1) is 0 Å². The minimum absolute atomic E-state index is 0.0675. The van der Waals surface area contributed by atoms with Gasteiger partial charge in [-0.2, -0.15) is 0 Å². The molecule has 1 aliphatic heterocycles. The number of aryl methyl sites for hydroxylation is 1. The van der Waals surface area contributed by atoms with E-state index in [2.05, 4.69) is 35.5 Å². The predicted molar refractivity (Wildman–Crippen MR) is 121 cm³/mol. The number of carbonyl (C=O) groups excluding carboxylic acids is 2. The Labute approximate surface area is 185 Å². The zero-order valence-electron chi connectivity index (χ0n) is 19.0. The molecule has 31 heavy (non-hydrogen) atoms. The van der Waals surface area contributed by atoms with E-state index in [0.717, 1.165) is 24.2 Å². The molecule has 0 bridgehead atoms. The molecule has 0 spiro atoms. The first-order valence-electron chi connectivity index (χ1n) is 12.0. The highest BCUT2D eigenvalue weighted by atomic mass is 16.2. The molecule has 2 N–H and O–H groups in total. The summed E-state index contributed by atoms with van der Waals surface area (Å²) in [4.78, 5) is 29.0. The number of hydrogen-bond acceptors (Lipinski definition) is 3. The molecule has 0 aromatic carbocycles. The highest BCUT2D eigenvalue weighted by Gasteiger charge is 2.59. The molecule has 5 heteroatoms. The summed E-state index contributed by atoms with van der Waals surface area (Å²) in [6.07, 6.45) is 13.4. The Bertz CT molecular complexity index is 927. The third-order valence-corrected chi connectivity index (χ3v) is 9.49. The first-order valence-corrected chi connectivity index (χ1v) is 12.0. The molecular weight excluding hydrogens is 386 g/mol. The third kappa shape index (κ3) is 3.41. The van der Waals surface area contributed by atoms with Crippen LogP contribution >= 0.6 is 0 Å². The zero-order valence-corrected chi connectivity index (χ0v) is 19.0. The number of carbonyl (C=O) groups is 2. The van der Waals surface area contributed by atoms with Crippen molar-refractivity contribution in [2.45, 2.75) is 71.8 Å². The number of aromatic nitrogens is 1. The molecule has 3 fully saturated rings. The van der Waals surface area contributed by atoms with E-state index >= 15 is 0 Å². The number of nitrogens with zero attached hydrogens (tertiary/aromatic N) is 1. The summed E-state index contributed by atoms with van der Waals surface area (Å²) in [5.74, 6) is 2.68. The summed E-state index contributed by atoms with van der Waals surface area (Å²) >= 11 is 0. The van der Waals surface area contributed by atoms with E-state index in [0.29, 0.717) is 30.1 Å². The molecule has 1 aromatic heterocycles. The maximum Gasteiger partial charge on any atom is 0.243 e. The molecule has 2 amide bonds. The van der Waals surface area contributed by atoms with Crippen LogP contribution in [0, 0.1) is 41.4 Å². The van der Waals surface area contributed by atoms with Crippen LogP contribution in [0.4, 0.5) is 5.69 Å². The van der Waals surface area contributed by atoms with Crippen molar-refractivity contribution in [3.8, 4) is 0 Å². The number of rotatable bonds is 3. The van der Waals surface area contributed by atoms with Gasteiger partial charge >= 0.3 is 0 Å². The van der Waals surface area contributed by atoms with Crippen molar-refractivity contribution < 1.29 is 9.59 Å². The molecule has 2 heterocycles. The van der Waals surface area contributed by atoms with E-state index in [9.17, 15) is 9.59 Å². The monoisotopic (exact) mass is 421 g/mol. The first-order chi connectivity index (χ1) is 14.8. The minimum Gasteiger partial charge on any atom is -0.349 e. The Hall–Kier alpha value is -2.17. The van der Waals surface area contributed by atoms with Gasteiger partial charge in [0, 0.05) is 35.5 Å². The molecule has 3 aliphatic carbocycles. The van der Waals surface area contributed by atoms with Gasteiger partial charge in [-0.25, -0.2) is 0 Å². The molecule has 0 saturated heterocycles.